The van der Waals surface area contributed by atoms with Crippen LogP contribution in [0.1, 0.15) is 37.0 Å². The fourth-order valence-corrected chi connectivity index (χ4v) is 4.89. The molecule has 3 heterocycles. The predicted molar refractivity (Wildman–Crippen MR) is 138 cm³/mol. The molecule has 0 saturated heterocycles. The Hall–Kier alpha value is -2.82. The molecule has 11 heteroatoms. The number of ether oxygens (including phenoxy) is 2. The van der Waals surface area contributed by atoms with Gasteiger partial charge in [0.1, 0.15) is 28.8 Å². The lowest BCUT2D eigenvalue weighted by atomic mass is 10.1. The van der Waals surface area contributed by atoms with Gasteiger partial charge < -0.3 is 9.47 Å². The highest BCUT2D eigenvalue weighted by Gasteiger charge is 2.24. The zero-order valence-corrected chi connectivity index (χ0v) is 21.6. The van der Waals surface area contributed by atoms with Gasteiger partial charge in [0.2, 0.25) is 5.95 Å². The van der Waals surface area contributed by atoms with Crippen LogP contribution in [0, 0.1) is 0 Å². The summed E-state index contributed by atoms with van der Waals surface area (Å²) in [5.41, 5.74) is 1.90. The van der Waals surface area contributed by atoms with Crippen molar-refractivity contribution >= 4 is 40.8 Å². The second kappa shape index (κ2) is 11.1. The molecule has 0 aliphatic carbocycles. The molecular weight excluding hydrogens is 492 g/mol. The molecule has 2 atom stereocenters. The summed E-state index contributed by atoms with van der Waals surface area (Å²) in [5.74, 6) is 3.49. The van der Waals surface area contributed by atoms with Gasteiger partial charge in [-0.1, -0.05) is 31.5 Å². The van der Waals surface area contributed by atoms with Gasteiger partial charge >= 0.3 is 0 Å². The van der Waals surface area contributed by atoms with Gasteiger partial charge in [-0.2, -0.15) is 11.3 Å². The summed E-state index contributed by atoms with van der Waals surface area (Å²) in [7, 11) is 3.28. The normalized spacial score (nSPS) is 12.9. The summed E-state index contributed by atoms with van der Waals surface area (Å²) >= 11 is 9.11. The molecule has 0 radical (unpaired) electrons. The molecule has 4 aromatic rings. The summed E-state index contributed by atoms with van der Waals surface area (Å²) in [6.45, 7) is 4.19. The summed E-state index contributed by atoms with van der Waals surface area (Å²) in [4.78, 5) is 8.72. The maximum absolute atomic E-state index is 5.93. The number of halogens is 1. The standard InChI is InChI=1S/C23H25ClN6O2S2/c1-14(22-25-11-17(24)12-26-22)15(2)34-29-23-28-27-20(10-16-8-9-33-13-16)30(23)21-18(31-3)6-5-7-19(21)32-4/h5-9,11-15H,10H2,1-4H3,(H,28,29). The highest BCUT2D eigenvalue weighted by molar-refractivity contribution is 8.01. The molecule has 0 aliphatic rings. The van der Waals surface area contributed by atoms with Crippen LogP contribution in [-0.2, 0) is 6.42 Å². The van der Waals surface area contributed by atoms with Crippen LogP contribution in [0.15, 0.2) is 47.4 Å². The van der Waals surface area contributed by atoms with Crippen molar-refractivity contribution < 1.29 is 9.47 Å². The first-order valence-corrected chi connectivity index (χ1v) is 12.8. The molecular formula is C23H25ClN6O2S2. The minimum atomic E-state index is 0.0808. The van der Waals surface area contributed by atoms with E-state index in [1.165, 1.54) is 11.9 Å². The highest BCUT2D eigenvalue weighted by atomic mass is 35.5. The largest absolute Gasteiger partial charge is 0.494 e. The molecule has 0 saturated carbocycles. The van der Waals surface area contributed by atoms with Crippen molar-refractivity contribution in [3.8, 4) is 17.2 Å². The van der Waals surface area contributed by atoms with Crippen LogP contribution in [0.25, 0.3) is 5.69 Å². The van der Waals surface area contributed by atoms with E-state index in [4.69, 9.17) is 21.1 Å². The SMILES string of the molecule is COc1cccc(OC)c1-n1c(Cc2ccsc2)nnc1NSC(C)C(C)c1ncc(Cl)cn1. The average molecular weight is 517 g/mol. The molecule has 3 aromatic heterocycles. The molecule has 8 nitrogen and oxygen atoms in total. The molecule has 0 aliphatic heterocycles. The van der Waals surface area contributed by atoms with Crippen LogP contribution in [0.4, 0.5) is 5.95 Å². The van der Waals surface area contributed by atoms with Crippen molar-refractivity contribution in [1.29, 1.82) is 0 Å². The van der Waals surface area contributed by atoms with Gasteiger partial charge in [0, 0.05) is 30.0 Å². The van der Waals surface area contributed by atoms with E-state index in [2.05, 4.69) is 55.6 Å². The highest BCUT2D eigenvalue weighted by Crippen LogP contribution is 2.37. The lowest BCUT2D eigenvalue weighted by molar-refractivity contribution is 0.391. The van der Waals surface area contributed by atoms with E-state index in [1.807, 2.05) is 22.8 Å². The number of nitrogens with zero attached hydrogens (tertiary/aromatic N) is 5. The predicted octanol–water partition coefficient (Wildman–Crippen LogP) is 5.63. The van der Waals surface area contributed by atoms with Gasteiger partial charge in [-0.15, -0.1) is 10.2 Å². The minimum absolute atomic E-state index is 0.0808. The molecule has 2 unspecified atom stereocenters. The van der Waals surface area contributed by atoms with Gasteiger partial charge in [-0.3, -0.25) is 9.29 Å². The number of methoxy groups -OCH3 is 2. The Kier molecular flexibility index (Phi) is 7.91. The third kappa shape index (κ3) is 5.29. The number of para-hydroxylation sites is 1. The van der Waals surface area contributed by atoms with E-state index < -0.39 is 0 Å². The Labute approximate surface area is 211 Å². The minimum Gasteiger partial charge on any atom is -0.494 e. The first-order valence-electron chi connectivity index (χ1n) is 10.6. The van der Waals surface area contributed by atoms with Crippen LogP contribution < -0.4 is 14.2 Å². The third-order valence-electron chi connectivity index (χ3n) is 5.39. The number of nitrogens with one attached hydrogen (secondary N) is 1. The van der Waals surface area contributed by atoms with E-state index in [-0.39, 0.29) is 11.2 Å². The Morgan fingerprint density at radius 2 is 1.79 bits per heavy atom. The van der Waals surface area contributed by atoms with Gasteiger partial charge in [0.25, 0.3) is 0 Å². The number of aromatic nitrogens is 5. The number of anilines is 1. The molecule has 34 heavy (non-hydrogen) atoms. The summed E-state index contributed by atoms with van der Waals surface area (Å²) in [6.07, 6.45) is 3.85. The maximum Gasteiger partial charge on any atom is 0.239 e. The van der Waals surface area contributed by atoms with E-state index in [0.717, 1.165) is 22.9 Å². The molecule has 178 valence electrons. The van der Waals surface area contributed by atoms with Gasteiger partial charge in [0.15, 0.2) is 0 Å². The van der Waals surface area contributed by atoms with Crippen LogP contribution >= 0.6 is 34.9 Å². The average Bonchev–Trinajstić information content (AvgIpc) is 3.52. The topological polar surface area (TPSA) is 87.0 Å². The summed E-state index contributed by atoms with van der Waals surface area (Å²) in [5, 5.41) is 13.8. The Balaban J connectivity index is 1.65. The molecule has 0 amide bonds. The van der Waals surface area contributed by atoms with Crippen LogP contribution in [0.5, 0.6) is 11.5 Å². The van der Waals surface area contributed by atoms with E-state index in [1.54, 1.807) is 38.0 Å². The van der Waals surface area contributed by atoms with E-state index in [0.29, 0.717) is 28.9 Å². The summed E-state index contributed by atoms with van der Waals surface area (Å²) in [6, 6.07) is 7.76. The smallest absolute Gasteiger partial charge is 0.239 e. The summed E-state index contributed by atoms with van der Waals surface area (Å²) < 4.78 is 16.7. The number of hydrogen-bond donors (Lipinski definition) is 1. The van der Waals surface area contributed by atoms with Crippen LogP contribution in [-0.4, -0.2) is 44.2 Å². The number of benzene rings is 1. The fourth-order valence-electron chi connectivity index (χ4n) is 3.38. The molecule has 4 rings (SSSR count). The fraction of sp³-hybridized carbons (Fsp3) is 0.304. The van der Waals surface area contributed by atoms with Gasteiger partial charge in [-0.05, 0) is 46.5 Å². The molecule has 0 spiro atoms. The van der Waals surface area contributed by atoms with E-state index in [9.17, 15) is 0 Å². The number of thiophene rings is 1. The van der Waals surface area contributed by atoms with Crippen molar-refractivity contribution in [2.24, 2.45) is 0 Å². The molecule has 0 fully saturated rings. The first-order chi connectivity index (χ1) is 16.5. The Morgan fingerprint density at radius 3 is 2.41 bits per heavy atom. The van der Waals surface area contributed by atoms with Crippen LogP contribution in [0.3, 0.4) is 0 Å². The second-order valence-corrected chi connectivity index (χ2v) is 9.97. The quantitative estimate of drug-likeness (QED) is 0.271. The Morgan fingerprint density at radius 1 is 1.09 bits per heavy atom. The lowest BCUT2D eigenvalue weighted by Gasteiger charge is -2.20. The zero-order chi connectivity index (χ0) is 24.1. The maximum atomic E-state index is 5.93. The second-order valence-electron chi connectivity index (χ2n) is 7.57. The Bertz CT molecular complexity index is 1190. The molecule has 1 aromatic carbocycles. The zero-order valence-electron chi connectivity index (χ0n) is 19.2. The van der Waals surface area contributed by atoms with Crippen molar-refractivity contribution in [2.45, 2.75) is 31.4 Å². The van der Waals surface area contributed by atoms with Crippen molar-refractivity contribution in [1.82, 2.24) is 24.7 Å². The van der Waals surface area contributed by atoms with Crippen molar-refractivity contribution in [2.75, 3.05) is 18.9 Å². The number of rotatable bonds is 10. The monoisotopic (exact) mass is 516 g/mol. The third-order valence-corrected chi connectivity index (χ3v) is 7.39. The van der Waals surface area contributed by atoms with Crippen LogP contribution in [0.2, 0.25) is 5.02 Å². The van der Waals surface area contributed by atoms with Gasteiger partial charge in [0.05, 0.1) is 19.2 Å². The molecule has 1 N–H and O–H groups in total. The number of hydrogen-bond acceptors (Lipinski definition) is 9. The first kappa shape index (κ1) is 24.3. The van der Waals surface area contributed by atoms with Crippen molar-refractivity contribution in [3.63, 3.8) is 0 Å². The lowest BCUT2D eigenvalue weighted by Crippen LogP contribution is -2.15. The van der Waals surface area contributed by atoms with E-state index >= 15 is 0 Å². The van der Waals surface area contributed by atoms with Gasteiger partial charge in [-0.25, -0.2) is 9.97 Å². The molecule has 0 bridgehead atoms. The van der Waals surface area contributed by atoms with Crippen molar-refractivity contribution in [3.05, 3.63) is 69.7 Å².